The minimum atomic E-state index is -0.382. The van der Waals surface area contributed by atoms with E-state index in [0.717, 1.165) is 11.3 Å². The molecule has 0 spiro atoms. The Hall–Kier alpha value is -2.32. The number of aromatic hydroxyl groups is 1. The number of nitrogens with zero attached hydrogens (tertiary/aromatic N) is 2. The van der Waals surface area contributed by atoms with Gasteiger partial charge in [-0.2, -0.15) is 5.10 Å². The van der Waals surface area contributed by atoms with Crippen molar-refractivity contribution in [2.75, 3.05) is 12.3 Å². The minimum absolute atomic E-state index is 0.132. The van der Waals surface area contributed by atoms with Gasteiger partial charge in [0.05, 0.1) is 23.5 Å². The number of nitrogen functional groups attached to an aromatic ring is 1. The number of nitrogens with two attached hydrogens (primary N) is 1. The number of carbonyl (C=O) groups excluding carboxylic acids is 1. The molecule has 2 aromatic rings. The first-order valence-electron chi connectivity index (χ1n) is 7.20. The molecule has 9 heteroatoms. The maximum Gasteiger partial charge on any atom is 0.283 e. The summed E-state index contributed by atoms with van der Waals surface area (Å²) >= 11 is 7.05. The number of benzene rings is 1. The fourth-order valence-corrected chi connectivity index (χ4v) is 2.97. The molecule has 0 aliphatic heterocycles. The number of nitrogens with one attached hydrogen (secondary N) is 1. The lowest BCUT2D eigenvalue weighted by molar-refractivity contribution is 0.0958. The SMILES string of the molecule is CCOc1cc(/C=N\NC(=O)c2sc(N)nc2CC)cc(Cl)c1O. The summed E-state index contributed by atoms with van der Waals surface area (Å²) in [4.78, 5) is 16.6. The topological polar surface area (TPSA) is 110 Å². The number of hydrazone groups is 1. The number of ether oxygens (including phenoxy) is 1. The van der Waals surface area contributed by atoms with Crippen molar-refractivity contribution in [3.8, 4) is 11.5 Å². The molecule has 0 unspecified atom stereocenters. The summed E-state index contributed by atoms with van der Waals surface area (Å²) in [6.07, 6.45) is 2.01. The van der Waals surface area contributed by atoms with Gasteiger partial charge in [0.1, 0.15) is 4.88 Å². The van der Waals surface area contributed by atoms with Gasteiger partial charge in [0.15, 0.2) is 16.6 Å². The van der Waals surface area contributed by atoms with Gasteiger partial charge in [-0.15, -0.1) is 0 Å². The first kappa shape index (κ1) is 18.0. The summed E-state index contributed by atoms with van der Waals surface area (Å²) in [7, 11) is 0. The standard InChI is InChI=1S/C15H17ClN4O3S/c1-3-10-13(24-15(17)19-10)14(22)20-18-7-8-5-9(16)12(21)11(6-8)23-4-2/h5-7,21H,3-4H2,1-2H3,(H2,17,19)(H,20,22)/b18-7-. The molecule has 7 nitrogen and oxygen atoms in total. The number of aryl methyl sites for hydroxylation is 1. The molecule has 0 aliphatic carbocycles. The summed E-state index contributed by atoms with van der Waals surface area (Å²) in [5, 5.41) is 14.2. The summed E-state index contributed by atoms with van der Waals surface area (Å²) < 4.78 is 5.28. The van der Waals surface area contributed by atoms with Gasteiger partial charge in [0, 0.05) is 0 Å². The number of phenols is 1. The lowest BCUT2D eigenvalue weighted by atomic mass is 10.2. The van der Waals surface area contributed by atoms with Crippen LogP contribution in [0, 0.1) is 0 Å². The second-order valence-electron chi connectivity index (χ2n) is 4.66. The van der Waals surface area contributed by atoms with Gasteiger partial charge in [-0.05, 0) is 31.0 Å². The molecule has 0 saturated carbocycles. The molecule has 0 bridgehead atoms. The Morgan fingerprint density at radius 1 is 1.54 bits per heavy atom. The molecular weight excluding hydrogens is 352 g/mol. The van der Waals surface area contributed by atoms with Crippen LogP contribution in [0.25, 0.3) is 0 Å². The number of amides is 1. The predicted molar refractivity (Wildman–Crippen MR) is 95.3 cm³/mol. The van der Waals surface area contributed by atoms with E-state index in [1.165, 1.54) is 12.3 Å². The fraction of sp³-hybridized carbons (Fsp3) is 0.267. The van der Waals surface area contributed by atoms with Crippen molar-refractivity contribution in [2.45, 2.75) is 20.3 Å². The van der Waals surface area contributed by atoms with E-state index in [0.29, 0.717) is 34.3 Å². The number of carbonyl (C=O) groups is 1. The van der Waals surface area contributed by atoms with Crippen LogP contribution >= 0.6 is 22.9 Å². The quantitative estimate of drug-likeness (QED) is 0.536. The second kappa shape index (κ2) is 7.98. The molecule has 4 N–H and O–H groups in total. The monoisotopic (exact) mass is 368 g/mol. The Kier molecular flexibility index (Phi) is 5.99. The number of rotatable bonds is 6. The molecule has 1 aromatic carbocycles. The Morgan fingerprint density at radius 3 is 2.96 bits per heavy atom. The maximum atomic E-state index is 12.1. The number of anilines is 1. The summed E-state index contributed by atoms with van der Waals surface area (Å²) in [6, 6.07) is 3.08. The molecule has 0 radical (unpaired) electrons. The van der Waals surface area contributed by atoms with Gasteiger partial charge in [-0.1, -0.05) is 29.9 Å². The van der Waals surface area contributed by atoms with Crippen molar-refractivity contribution in [3.05, 3.63) is 33.3 Å². The van der Waals surface area contributed by atoms with Crippen LogP contribution in [0.5, 0.6) is 11.5 Å². The van der Waals surface area contributed by atoms with E-state index in [9.17, 15) is 9.90 Å². The fourth-order valence-electron chi connectivity index (χ4n) is 1.94. The highest BCUT2D eigenvalue weighted by atomic mass is 35.5. The number of hydrogen-bond acceptors (Lipinski definition) is 7. The number of halogens is 1. The lowest BCUT2D eigenvalue weighted by Crippen LogP contribution is -2.17. The van der Waals surface area contributed by atoms with E-state index in [1.807, 2.05) is 6.92 Å². The molecule has 0 fully saturated rings. The predicted octanol–water partition coefficient (Wildman–Crippen LogP) is 2.81. The van der Waals surface area contributed by atoms with Gasteiger partial charge in [-0.25, -0.2) is 10.4 Å². The van der Waals surface area contributed by atoms with Crippen LogP contribution in [-0.4, -0.2) is 28.8 Å². The maximum absolute atomic E-state index is 12.1. The van der Waals surface area contributed by atoms with Crippen LogP contribution in [0.15, 0.2) is 17.2 Å². The number of aromatic nitrogens is 1. The van der Waals surface area contributed by atoms with Crippen LogP contribution in [0.1, 0.15) is 34.8 Å². The smallest absolute Gasteiger partial charge is 0.283 e. The van der Waals surface area contributed by atoms with Gasteiger partial charge in [0.25, 0.3) is 5.91 Å². The molecular formula is C15H17ClN4O3S. The zero-order chi connectivity index (χ0) is 17.7. The molecule has 1 amide bonds. The lowest BCUT2D eigenvalue weighted by Gasteiger charge is -2.08. The summed E-state index contributed by atoms with van der Waals surface area (Å²) in [5.41, 5.74) is 9.25. The molecule has 0 atom stereocenters. The Labute approximate surface area is 148 Å². The zero-order valence-corrected chi connectivity index (χ0v) is 14.7. The average Bonchev–Trinajstić information content (AvgIpc) is 2.93. The van der Waals surface area contributed by atoms with E-state index in [2.05, 4.69) is 15.5 Å². The summed E-state index contributed by atoms with van der Waals surface area (Å²) in [6.45, 7) is 4.07. The largest absolute Gasteiger partial charge is 0.503 e. The zero-order valence-electron chi connectivity index (χ0n) is 13.2. The van der Waals surface area contributed by atoms with Crippen molar-refractivity contribution < 1.29 is 14.6 Å². The van der Waals surface area contributed by atoms with E-state index >= 15 is 0 Å². The average molecular weight is 369 g/mol. The van der Waals surface area contributed by atoms with Crippen LogP contribution in [-0.2, 0) is 6.42 Å². The number of thiazole rings is 1. The normalized spacial score (nSPS) is 11.0. The van der Waals surface area contributed by atoms with Crippen LogP contribution in [0.2, 0.25) is 5.02 Å². The third-order valence-corrected chi connectivity index (χ3v) is 4.20. The number of phenolic OH excluding ortho intramolecular Hbond substituents is 1. The van der Waals surface area contributed by atoms with Crippen LogP contribution in [0.3, 0.4) is 0 Å². The highest BCUT2D eigenvalue weighted by Crippen LogP contribution is 2.34. The Morgan fingerprint density at radius 2 is 2.29 bits per heavy atom. The van der Waals surface area contributed by atoms with E-state index in [-0.39, 0.29) is 22.4 Å². The van der Waals surface area contributed by atoms with E-state index in [1.54, 1.807) is 13.0 Å². The van der Waals surface area contributed by atoms with Crippen molar-refractivity contribution in [1.29, 1.82) is 0 Å². The molecule has 2 rings (SSSR count). The first-order valence-corrected chi connectivity index (χ1v) is 8.39. The first-order chi connectivity index (χ1) is 11.5. The molecule has 0 aliphatic rings. The van der Waals surface area contributed by atoms with Crippen molar-refractivity contribution in [1.82, 2.24) is 10.4 Å². The van der Waals surface area contributed by atoms with Gasteiger partial charge >= 0.3 is 0 Å². The number of hydrogen-bond donors (Lipinski definition) is 3. The van der Waals surface area contributed by atoms with Crippen molar-refractivity contribution >= 4 is 40.2 Å². The summed E-state index contributed by atoms with van der Waals surface area (Å²) in [5.74, 6) is -0.263. The molecule has 24 heavy (non-hydrogen) atoms. The highest BCUT2D eigenvalue weighted by molar-refractivity contribution is 7.17. The van der Waals surface area contributed by atoms with Crippen molar-refractivity contribution in [3.63, 3.8) is 0 Å². The third kappa shape index (κ3) is 4.15. The molecule has 128 valence electrons. The minimum Gasteiger partial charge on any atom is -0.503 e. The van der Waals surface area contributed by atoms with Crippen LogP contribution < -0.4 is 15.9 Å². The highest BCUT2D eigenvalue weighted by Gasteiger charge is 2.15. The van der Waals surface area contributed by atoms with Crippen LogP contribution in [0.4, 0.5) is 5.13 Å². The third-order valence-electron chi connectivity index (χ3n) is 2.99. The Bertz CT molecular complexity index is 776. The van der Waals surface area contributed by atoms with Gasteiger partial charge in [-0.3, -0.25) is 4.79 Å². The van der Waals surface area contributed by atoms with Crippen molar-refractivity contribution in [2.24, 2.45) is 5.10 Å². The molecule has 0 saturated heterocycles. The second-order valence-corrected chi connectivity index (χ2v) is 6.10. The van der Waals surface area contributed by atoms with Gasteiger partial charge in [0.2, 0.25) is 0 Å². The molecule has 1 heterocycles. The molecule has 1 aromatic heterocycles. The van der Waals surface area contributed by atoms with E-state index in [4.69, 9.17) is 22.1 Å². The van der Waals surface area contributed by atoms with E-state index < -0.39 is 0 Å². The Balaban J connectivity index is 2.12. The van der Waals surface area contributed by atoms with Gasteiger partial charge < -0.3 is 15.6 Å².